The normalized spacial score (nSPS) is 12.0. The molecule has 0 aliphatic heterocycles. The first-order chi connectivity index (χ1) is 12.0. The molecule has 2 rings (SSSR count). The standard InChI is InChI=1S/C17H20ClN2O4P/c1-3-23-25(22,24-4-2)12-13-11-16(9-10-17(13)21)20-19-15-7-5-14(18)6-8-15/h5-11,21H,3-4,12H2,1-2H3. The fraction of sp³-hybridized carbons (Fsp3) is 0.294. The molecule has 0 aromatic heterocycles. The third-order valence-electron chi connectivity index (χ3n) is 3.19. The van der Waals surface area contributed by atoms with E-state index in [1.54, 1.807) is 50.2 Å². The van der Waals surface area contributed by atoms with E-state index >= 15 is 0 Å². The molecule has 0 aliphatic carbocycles. The predicted octanol–water partition coefficient (Wildman–Crippen LogP) is 6.23. The maximum Gasteiger partial charge on any atom is 0.335 e. The number of phenols is 1. The lowest BCUT2D eigenvalue weighted by atomic mass is 10.2. The quantitative estimate of drug-likeness (QED) is 0.433. The summed E-state index contributed by atoms with van der Waals surface area (Å²) < 4.78 is 23.2. The average molecular weight is 383 g/mol. The summed E-state index contributed by atoms with van der Waals surface area (Å²) in [5, 5.41) is 18.9. The van der Waals surface area contributed by atoms with Gasteiger partial charge in [-0.1, -0.05) is 11.6 Å². The Labute approximate surface area is 152 Å². The van der Waals surface area contributed by atoms with E-state index in [4.69, 9.17) is 20.6 Å². The predicted molar refractivity (Wildman–Crippen MR) is 98.3 cm³/mol. The van der Waals surface area contributed by atoms with Crippen molar-refractivity contribution in [2.45, 2.75) is 20.0 Å². The highest BCUT2D eigenvalue weighted by molar-refractivity contribution is 7.53. The number of nitrogens with zero attached hydrogens (tertiary/aromatic N) is 2. The van der Waals surface area contributed by atoms with E-state index in [2.05, 4.69) is 10.2 Å². The molecule has 0 unspecified atom stereocenters. The zero-order chi connectivity index (χ0) is 18.3. The van der Waals surface area contributed by atoms with Crippen molar-refractivity contribution < 1.29 is 18.7 Å². The minimum absolute atomic E-state index is 0.00470. The van der Waals surface area contributed by atoms with Gasteiger partial charge < -0.3 is 14.2 Å². The van der Waals surface area contributed by atoms with E-state index in [0.29, 0.717) is 22.0 Å². The third kappa shape index (κ3) is 5.94. The molecule has 0 radical (unpaired) electrons. The lowest BCUT2D eigenvalue weighted by Crippen LogP contribution is -1.99. The number of hydrogen-bond donors (Lipinski definition) is 1. The zero-order valence-electron chi connectivity index (χ0n) is 14.1. The molecule has 8 heteroatoms. The van der Waals surface area contributed by atoms with E-state index < -0.39 is 7.60 Å². The first-order valence-corrected chi connectivity index (χ1v) is 9.93. The Bertz CT molecular complexity index is 771. The van der Waals surface area contributed by atoms with Crippen molar-refractivity contribution in [3.8, 4) is 5.75 Å². The van der Waals surface area contributed by atoms with Gasteiger partial charge in [0.15, 0.2) is 0 Å². The summed E-state index contributed by atoms with van der Waals surface area (Å²) in [6.45, 7) is 3.99. The van der Waals surface area contributed by atoms with Crippen LogP contribution in [0.2, 0.25) is 5.02 Å². The highest BCUT2D eigenvalue weighted by Crippen LogP contribution is 2.52. The highest BCUT2D eigenvalue weighted by Gasteiger charge is 2.25. The summed E-state index contributed by atoms with van der Waals surface area (Å²) in [5.41, 5.74) is 1.59. The molecule has 0 saturated carbocycles. The summed E-state index contributed by atoms with van der Waals surface area (Å²) in [4.78, 5) is 0. The van der Waals surface area contributed by atoms with Crippen LogP contribution in [0.4, 0.5) is 11.4 Å². The molecular formula is C17H20ClN2O4P. The molecule has 0 fully saturated rings. The van der Waals surface area contributed by atoms with Crippen LogP contribution < -0.4 is 0 Å². The summed E-state index contributed by atoms with van der Waals surface area (Å²) in [6, 6.07) is 11.6. The molecule has 134 valence electrons. The van der Waals surface area contributed by atoms with Crippen molar-refractivity contribution in [2.75, 3.05) is 13.2 Å². The Kier molecular flexibility index (Phi) is 7.14. The van der Waals surface area contributed by atoms with Crippen molar-refractivity contribution in [3.63, 3.8) is 0 Å². The van der Waals surface area contributed by atoms with Gasteiger partial charge in [0.1, 0.15) is 5.75 Å². The summed E-state index contributed by atoms with van der Waals surface area (Å²) in [7, 11) is -3.32. The van der Waals surface area contributed by atoms with Gasteiger partial charge in [0.25, 0.3) is 0 Å². The minimum Gasteiger partial charge on any atom is -0.508 e. The molecule has 0 saturated heterocycles. The van der Waals surface area contributed by atoms with Crippen LogP contribution in [0.25, 0.3) is 0 Å². The monoisotopic (exact) mass is 382 g/mol. The van der Waals surface area contributed by atoms with Gasteiger partial charge >= 0.3 is 7.60 Å². The molecule has 0 bridgehead atoms. The Morgan fingerprint density at radius 2 is 1.56 bits per heavy atom. The molecule has 0 atom stereocenters. The van der Waals surface area contributed by atoms with Gasteiger partial charge in [-0.15, -0.1) is 0 Å². The van der Waals surface area contributed by atoms with Gasteiger partial charge in [-0.25, -0.2) is 0 Å². The van der Waals surface area contributed by atoms with Crippen LogP contribution in [0.1, 0.15) is 19.4 Å². The molecule has 0 heterocycles. The van der Waals surface area contributed by atoms with E-state index in [1.165, 1.54) is 6.07 Å². The molecule has 0 amide bonds. The Hall–Kier alpha value is -1.72. The molecule has 0 spiro atoms. The lowest BCUT2D eigenvalue weighted by molar-refractivity contribution is 0.219. The topological polar surface area (TPSA) is 80.5 Å². The van der Waals surface area contributed by atoms with Crippen LogP contribution >= 0.6 is 19.2 Å². The zero-order valence-corrected chi connectivity index (χ0v) is 15.7. The fourth-order valence-corrected chi connectivity index (χ4v) is 3.95. The van der Waals surface area contributed by atoms with Crippen molar-refractivity contribution in [1.82, 2.24) is 0 Å². The van der Waals surface area contributed by atoms with Gasteiger partial charge in [0, 0.05) is 10.6 Å². The molecular weight excluding hydrogens is 363 g/mol. The summed E-state index contributed by atoms with van der Waals surface area (Å²) >= 11 is 5.83. The van der Waals surface area contributed by atoms with Gasteiger partial charge in [-0.05, 0) is 56.3 Å². The number of rotatable bonds is 8. The van der Waals surface area contributed by atoms with Crippen LogP contribution in [0.3, 0.4) is 0 Å². The minimum atomic E-state index is -3.32. The average Bonchev–Trinajstić information content (AvgIpc) is 2.57. The van der Waals surface area contributed by atoms with Crippen molar-refractivity contribution in [3.05, 3.63) is 53.1 Å². The van der Waals surface area contributed by atoms with Crippen LogP contribution in [-0.4, -0.2) is 18.3 Å². The molecule has 0 aliphatic rings. The number of hydrogen-bond acceptors (Lipinski definition) is 6. The number of aromatic hydroxyl groups is 1. The molecule has 6 nitrogen and oxygen atoms in total. The highest BCUT2D eigenvalue weighted by atomic mass is 35.5. The van der Waals surface area contributed by atoms with Crippen molar-refractivity contribution in [1.29, 1.82) is 0 Å². The maximum atomic E-state index is 12.6. The smallest absolute Gasteiger partial charge is 0.335 e. The Morgan fingerprint density at radius 3 is 2.16 bits per heavy atom. The largest absolute Gasteiger partial charge is 0.508 e. The van der Waals surface area contributed by atoms with E-state index in [0.717, 1.165) is 0 Å². The summed E-state index contributed by atoms with van der Waals surface area (Å²) in [5.74, 6) is 0.00470. The second-order valence-corrected chi connectivity index (χ2v) is 7.58. The van der Waals surface area contributed by atoms with Crippen LogP contribution in [0.5, 0.6) is 5.75 Å². The second-order valence-electron chi connectivity index (χ2n) is 5.09. The number of halogens is 1. The molecule has 2 aromatic carbocycles. The number of azo groups is 1. The van der Waals surface area contributed by atoms with Gasteiger partial charge in [0.05, 0.1) is 30.8 Å². The Balaban J connectivity index is 2.21. The maximum absolute atomic E-state index is 12.6. The third-order valence-corrected chi connectivity index (χ3v) is 5.47. The lowest BCUT2D eigenvalue weighted by Gasteiger charge is -2.17. The SMILES string of the molecule is CCOP(=O)(Cc1cc(N=Nc2ccc(Cl)cc2)ccc1O)OCC. The van der Waals surface area contributed by atoms with Gasteiger partial charge in [0.2, 0.25) is 0 Å². The van der Waals surface area contributed by atoms with E-state index in [-0.39, 0.29) is 25.1 Å². The van der Waals surface area contributed by atoms with Crippen LogP contribution in [0, 0.1) is 0 Å². The van der Waals surface area contributed by atoms with Crippen LogP contribution in [0.15, 0.2) is 52.7 Å². The number of phenolic OH excluding ortho intramolecular Hbond substituents is 1. The van der Waals surface area contributed by atoms with Crippen molar-refractivity contribution in [2.24, 2.45) is 10.2 Å². The first-order valence-electron chi connectivity index (χ1n) is 7.83. The van der Waals surface area contributed by atoms with Crippen molar-refractivity contribution >= 4 is 30.6 Å². The summed E-state index contributed by atoms with van der Waals surface area (Å²) in [6.07, 6.45) is -0.0369. The molecule has 2 aromatic rings. The fourth-order valence-electron chi connectivity index (χ4n) is 2.11. The van der Waals surface area contributed by atoms with E-state index in [9.17, 15) is 9.67 Å². The number of benzene rings is 2. The Morgan fingerprint density at radius 1 is 1.00 bits per heavy atom. The van der Waals surface area contributed by atoms with E-state index in [1.807, 2.05) is 0 Å². The van der Waals surface area contributed by atoms with Gasteiger partial charge in [-0.2, -0.15) is 10.2 Å². The van der Waals surface area contributed by atoms with Gasteiger partial charge in [-0.3, -0.25) is 4.57 Å². The molecule has 1 N–H and O–H groups in total. The van der Waals surface area contributed by atoms with Crippen LogP contribution in [-0.2, 0) is 19.8 Å². The molecule has 25 heavy (non-hydrogen) atoms. The second kappa shape index (κ2) is 9.11. The first kappa shape index (κ1) is 19.6.